The van der Waals surface area contributed by atoms with Crippen LogP contribution < -0.4 is 10.6 Å². The Morgan fingerprint density at radius 3 is 2.17 bits per heavy atom. The second-order valence-electron chi connectivity index (χ2n) is 5.44. The van der Waals surface area contributed by atoms with Crippen LogP contribution in [0.3, 0.4) is 0 Å². The Bertz CT molecular complexity index is 677. The summed E-state index contributed by atoms with van der Waals surface area (Å²) in [7, 11) is 0. The Morgan fingerprint density at radius 1 is 0.870 bits per heavy atom. The van der Waals surface area contributed by atoms with Crippen molar-refractivity contribution in [1.82, 2.24) is 10.2 Å². The number of carbonyl (C=O) groups excluding carboxylic acids is 2. The van der Waals surface area contributed by atoms with Crippen molar-refractivity contribution < 1.29 is 9.59 Å². The number of nitrogens with one attached hydrogen (secondary N) is 2. The first-order chi connectivity index (χ1) is 11.2. The number of piperazine rings is 1. The lowest BCUT2D eigenvalue weighted by Crippen LogP contribution is -2.46. The van der Waals surface area contributed by atoms with Crippen LogP contribution in [0.15, 0.2) is 54.6 Å². The maximum atomic E-state index is 12.4. The van der Waals surface area contributed by atoms with Gasteiger partial charge in [-0.1, -0.05) is 18.2 Å². The van der Waals surface area contributed by atoms with Gasteiger partial charge in [-0.05, 0) is 36.4 Å². The number of amides is 2. The van der Waals surface area contributed by atoms with Crippen molar-refractivity contribution in [3.05, 3.63) is 65.7 Å². The lowest BCUT2D eigenvalue weighted by molar-refractivity contribution is 0.0735. The number of hydrogen-bond acceptors (Lipinski definition) is 3. The summed E-state index contributed by atoms with van der Waals surface area (Å²) >= 11 is 0. The monoisotopic (exact) mass is 309 g/mol. The third-order valence-corrected chi connectivity index (χ3v) is 3.83. The van der Waals surface area contributed by atoms with Crippen LogP contribution in [0.2, 0.25) is 0 Å². The fourth-order valence-corrected chi connectivity index (χ4v) is 2.54. The molecule has 0 aromatic heterocycles. The van der Waals surface area contributed by atoms with Gasteiger partial charge >= 0.3 is 0 Å². The molecular weight excluding hydrogens is 290 g/mol. The molecule has 5 heteroatoms. The Kier molecular flexibility index (Phi) is 4.68. The van der Waals surface area contributed by atoms with E-state index in [2.05, 4.69) is 10.6 Å². The molecule has 118 valence electrons. The topological polar surface area (TPSA) is 61.4 Å². The fourth-order valence-electron chi connectivity index (χ4n) is 2.54. The molecule has 5 nitrogen and oxygen atoms in total. The molecule has 0 aliphatic carbocycles. The van der Waals surface area contributed by atoms with E-state index in [0.29, 0.717) is 16.8 Å². The van der Waals surface area contributed by atoms with E-state index in [1.165, 1.54) is 0 Å². The molecule has 0 bridgehead atoms. The average Bonchev–Trinajstić information content (AvgIpc) is 2.63. The average molecular weight is 309 g/mol. The van der Waals surface area contributed by atoms with Crippen molar-refractivity contribution in [3.63, 3.8) is 0 Å². The van der Waals surface area contributed by atoms with Gasteiger partial charge in [0.25, 0.3) is 11.8 Å². The molecule has 0 atom stereocenters. The van der Waals surface area contributed by atoms with Crippen LogP contribution in [0.4, 0.5) is 5.69 Å². The highest BCUT2D eigenvalue weighted by molar-refractivity contribution is 6.04. The Balaban J connectivity index is 1.65. The van der Waals surface area contributed by atoms with Crippen LogP contribution in [0.1, 0.15) is 20.7 Å². The van der Waals surface area contributed by atoms with Gasteiger partial charge in [-0.25, -0.2) is 0 Å². The van der Waals surface area contributed by atoms with Gasteiger partial charge in [0.15, 0.2) is 0 Å². The predicted molar refractivity (Wildman–Crippen MR) is 89.6 cm³/mol. The molecule has 1 heterocycles. The summed E-state index contributed by atoms with van der Waals surface area (Å²) in [5.74, 6) is -0.126. The first-order valence-corrected chi connectivity index (χ1v) is 7.70. The van der Waals surface area contributed by atoms with Gasteiger partial charge in [0.05, 0.1) is 0 Å². The molecule has 1 fully saturated rings. The highest BCUT2D eigenvalue weighted by Gasteiger charge is 2.17. The molecule has 1 aliphatic heterocycles. The van der Waals surface area contributed by atoms with Gasteiger partial charge in [0.1, 0.15) is 0 Å². The third-order valence-electron chi connectivity index (χ3n) is 3.83. The summed E-state index contributed by atoms with van der Waals surface area (Å²) < 4.78 is 0. The van der Waals surface area contributed by atoms with Crippen LogP contribution in [0.5, 0.6) is 0 Å². The van der Waals surface area contributed by atoms with E-state index in [1.54, 1.807) is 36.4 Å². The molecular formula is C18H19N3O2. The van der Waals surface area contributed by atoms with Crippen molar-refractivity contribution in [2.45, 2.75) is 0 Å². The lowest BCUT2D eigenvalue weighted by atomic mass is 10.1. The van der Waals surface area contributed by atoms with Crippen LogP contribution in [0, 0.1) is 0 Å². The van der Waals surface area contributed by atoms with E-state index in [9.17, 15) is 9.59 Å². The van der Waals surface area contributed by atoms with E-state index in [4.69, 9.17) is 0 Å². The van der Waals surface area contributed by atoms with E-state index < -0.39 is 0 Å². The van der Waals surface area contributed by atoms with Crippen molar-refractivity contribution in [1.29, 1.82) is 0 Å². The van der Waals surface area contributed by atoms with Gasteiger partial charge in [0, 0.05) is 43.0 Å². The molecule has 3 rings (SSSR count). The van der Waals surface area contributed by atoms with Crippen molar-refractivity contribution in [2.24, 2.45) is 0 Å². The highest BCUT2D eigenvalue weighted by Crippen LogP contribution is 2.13. The SMILES string of the molecule is O=C(Nc1ccc(C(=O)N2CCNCC2)cc1)c1ccccc1. The molecule has 1 aliphatic rings. The number of rotatable bonds is 3. The summed E-state index contributed by atoms with van der Waals surface area (Å²) in [6, 6.07) is 16.1. The molecule has 2 amide bonds. The first kappa shape index (κ1) is 15.2. The normalized spacial score (nSPS) is 14.3. The maximum Gasteiger partial charge on any atom is 0.255 e. The van der Waals surface area contributed by atoms with E-state index in [0.717, 1.165) is 26.2 Å². The van der Waals surface area contributed by atoms with Gasteiger partial charge < -0.3 is 15.5 Å². The molecule has 23 heavy (non-hydrogen) atoms. The molecule has 2 N–H and O–H groups in total. The van der Waals surface area contributed by atoms with Crippen molar-refractivity contribution in [3.8, 4) is 0 Å². The standard InChI is InChI=1S/C18H19N3O2/c22-17(14-4-2-1-3-5-14)20-16-8-6-15(7-9-16)18(23)21-12-10-19-11-13-21/h1-9,19H,10-13H2,(H,20,22). The largest absolute Gasteiger partial charge is 0.336 e. The van der Waals surface area contributed by atoms with Crippen molar-refractivity contribution in [2.75, 3.05) is 31.5 Å². The Hall–Kier alpha value is -2.66. The minimum atomic E-state index is -0.160. The quantitative estimate of drug-likeness (QED) is 0.911. The predicted octanol–water partition coefficient (Wildman–Crippen LogP) is 1.98. The van der Waals surface area contributed by atoms with Gasteiger partial charge in [-0.15, -0.1) is 0 Å². The second-order valence-corrected chi connectivity index (χ2v) is 5.44. The summed E-state index contributed by atoms with van der Waals surface area (Å²) in [6.45, 7) is 3.12. The van der Waals surface area contributed by atoms with Gasteiger partial charge in [0.2, 0.25) is 0 Å². The Labute approximate surface area is 135 Å². The highest BCUT2D eigenvalue weighted by atomic mass is 16.2. The number of anilines is 1. The molecule has 0 saturated carbocycles. The zero-order chi connectivity index (χ0) is 16.1. The smallest absolute Gasteiger partial charge is 0.255 e. The summed E-state index contributed by atoms with van der Waals surface area (Å²) in [5.41, 5.74) is 1.92. The van der Waals surface area contributed by atoms with E-state index in [1.807, 2.05) is 23.1 Å². The Morgan fingerprint density at radius 2 is 1.52 bits per heavy atom. The van der Waals surface area contributed by atoms with Crippen LogP contribution in [0.25, 0.3) is 0 Å². The second kappa shape index (κ2) is 7.07. The third kappa shape index (κ3) is 3.76. The summed E-state index contributed by atoms with van der Waals surface area (Å²) in [4.78, 5) is 26.3. The maximum absolute atomic E-state index is 12.4. The van der Waals surface area contributed by atoms with Crippen molar-refractivity contribution >= 4 is 17.5 Å². The molecule has 2 aromatic rings. The van der Waals surface area contributed by atoms with E-state index >= 15 is 0 Å². The van der Waals surface area contributed by atoms with Crippen LogP contribution in [-0.4, -0.2) is 42.9 Å². The van der Waals surface area contributed by atoms with Crippen LogP contribution in [-0.2, 0) is 0 Å². The van der Waals surface area contributed by atoms with Gasteiger partial charge in [-0.3, -0.25) is 9.59 Å². The summed E-state index contributed by atoms with van der Waals surface area (Å²) in [6.07, 6.45) is 0. The lowest BCUT2D eigenvalue weighted by Gasteiger charge is -2.27. The zero-order valence-electron chi connectivity index (χ0n) is 12.8. The number of nitrogens with zero attached hydrogens (tertiary/aromatic N) is 1. The molecule has 2 aromatic carbocycles. The molecule has 0 radical (unpaired) electrons. The molecule has 0 spiro atoms. The molecule has 1 saturated heterocycles. The van der Waals surface area contributed by atoms with Crippen LogP contribution >= 0.6 is 0 Å². The molecule has 0 unspecified atom stereocenters. The summed E-state index contributed by atoms with van der Waals surface area (Å²) in [5, 5.41) is 6.06. The zero-order valence-corrected chi connectivity index (χ0v) is 12.8. The minimum absolute atomic E-state index is 0.0347. The number of carbonyl (C=O) groups is 2. The first-order valence-electron chi connectivity index (χ1n) is 7.70. The minimum Gasteiger partial charge on any atom is -0.336 e. The fraction of sp³-hybridized carbons (Fsp3) is 0.222. The van der Waals surface area contributed by atoms with E-state index in [-0.39, 0.29) is 11.8 Å². The van der Waals surface area contributed by atoms with Gasteiger partial charge in [-0.2, -0.15) is 0 Å². The number of benzene rings is 2. The number of hydrogen-bond donors (Lipinski definition) is 2.